The van der Waals surface area contributed by atoms with Crippen LogP contribution in [0.5, 0.6) is 0 Å². The molecule has 2 unspecified atom stereocenters. The summed E-state index contributed by atoms with van der Waals surface area (Å²) in [6.45, 7) is 11.9. The molecule has 0 aliphatic heterocycles. The molecule has 0 bridgehead atoms. The standard InChI is InChI=1S/C83H162O17P2/c1-8-9-10-47-57-64-80(85)93-70-78(99-82(87)66-60-53-46-40-34-28-27-31-37-43-50-56-63-76(6)7)72-97-101(89,90)95-68-77(84)69-96-102(91,92)98-73-79(100-83(88)67-59-52-45-39-33-26-22-18-14-12-16-20-24-30-36-42-49-55-62-75(4)5)71-94-81(86)65-58-51-44-38-32-25-21-17-13-11-15-19-23-29-35-41-48-54-61-74(2)3/h74-79,84H,8-73H2,1-7H3,(H,89,90)(H,91,92)/t77-,78+,79+/m0/s1. The van der Waals surface area contributed by atoms with Crippen LogP contribution in [0.2, 0.25) is 0 Å². The van der Waals surface area contributed by atoms with Gasteiger partial charge in [0.1, 0.15) is 19.3 Å². The summed E-state index contributed by atoms with van der Waals surface area (Å²) >= 11 is 0. The lowest BCUT2D eigenvalue weighted by Crippen LogP contribution is -2.30. The van der Waals surface area contributed by atoms with Crippen LogP contribution in [0.3, 0.4) is 0 Å². The van der Waals surface area contributed by atoms with Gasteiger partial charge in [0, 0.05) is 25.7 Å². The van der Waals surface area contributed by atoms with Crippen molar-refractivity contribution in [3.8, 4) is 0 Å². The van der Waals surface area contributed by atoms with E-state index in [9.17, 15) is 43.2 Å². The van der Waals surface area contributed by atoms with E-state index in [1.165, 1.54) is 238 Å². The summed E-state index contributed by atoms with van der Waals surface area (Å²) in [5.41, 5.74) is 0. The molecule has 102 heavy (non-hydrogen) atoms. The van der Waals surface area contributed by atoms with E-state index in [2.05, 4.69) is 48.5 Å². The highest BCUT2D eigenvalue weighted by Gasteiger charge is 2.30. The van der Waals surface area contributed by atoms with Crippen LogP contribution >= 0.6 is 15.6 Å². The molecule has 0 heterocycles. The monoisotopic (exact) mass is 1490 g/mol. The highest BCUT2D eigenvalue weighted by atomic mass is 31.2. The summed E-state index contributed by atoms with van der Waals surface area (Å²) in [4.78, 5) is 72.8. The number of aliphatic hydroxyl groups is 1. The first-order valence-electron chi connectivity index (χ1n) is 42.8. The highest BCUT2D eigenvalue weighted by molar-refractivity contribution is 7.47. The maximum absolute atomic E-state index is 13.1. The molecule has 0 rings (SSSR count). The molecule has 17 nitrogen and oxygen atoms in total. The predicted octanol–water partition coefficient (Wildman–Crippen LogP) is 24.9. The second kappa shape index (κ2) is 73.2. The van der Waals surface area contributed by atoms with E-state index in [0.29, 0.717) is 25.7 Å². The summed E-state index contributed by atoms with van der Waals surface area (Å²) < 4.78 is 68.5. The lowest BCUT2D eigenvalue weighted by molar-refractivity contribution is -0.161. The van der Waals surface area contributed by atoms with E-state index in [-0.39, 0.29) is 25.7 Å². The Labute approximate surface area is 626 Å². The number of aliphatic hydroxyl groups excluding tert-OH is 1. The quantitative estimate of drug-likeness (QED) is 0.0222. The molecule has 0 spiro atoms. The zero-order chi connectivity index (χ0) is 75.1. The van der Waals surface area contributed by atoms with Crippen LogP contribution in [0.15, 0.2) is 0 Å². The molecular formula is C83H162O17P2. The fraction of sp³-hybridized carbons (Fsp3) is 0.952. The molecule has 0 amide bonds. The van der Waals surface area contributed by atoms with Crippen LogP contribution in [-0.4, -0.2) is 96.7 Å². The topological polar surface area (TPSA) is 237 Å². The largest absolute Gasteiger partial charge is 0.472 e. The van der Waals surface area contributed by atoms with Crippen LogP contribution in [-0.2, 0) is 65.4 Å². The fourth-order valence-electron chi connectivity index (χ4n) is 12.8. The number of esters is 4. The molecule has 0 saturated carbocycles. The molecule has 0 aromatic heterocycles. The third-order valence-corrected chi connectivity index (χ3v) is 21.3. The van der Waals surface area contributed by atoms with Crippen molar-refractivity contribution in [1.29, 1.82) is 0 Å². The van der Waals surface area contributed by atoms with Gasteiger partial charge in [0.25, 0.3) is 0 Å². The van der Waals surface area contributed by atoms with Gasteiger partial charge in [0.2, 0.25) is 0 Å². The van der Waals surface area contributed by atoms with Crippen molar-refractivity contribution in [2.45, 2.75) is 452 Å². The van der Waals surface area contributed by atoms with Gasteiger partial charge in [-0.15, -0.1) is 0 Å². The van der Waals surface area contributed by atoms with Crippen molar-refractivity contribution in [1.82, 2.24) is 0 Å². The van der Waals surface area contributed by atoms with Crippen LogP contribution in [0, 0.1) is 17.8 Å². The smallest absolute Gasteiger partial charge is 0.462 e. The van der Waals surface area contributed by atoms with Gasteiger partial charge in [0.05, 0.1) is 26.4 Å². The third-order valence-electron chi connectivity index (χ3n) is 19.4. The van der Waals surface area contributed by atoms with Crippen LogP contribution in [0.1, 0.15) is 434 Å². The number of hydrogen-bond donors (Lipinski definition) is 3. The zero-order valence-electron chi connectivity index (χ0n) is 67.1. The molecular weight excluding hydrogens is 1330 g/mol. The molecule has 0 aliphatic carbocycles. The van der Waals surface area contributed by atoms with Crippen molar-refractivity contribution in [2.24, 2.45) is 17.8 Å². The number of rotatable bonds is 81. The third kappa shape index (κ3) is 76.3. The minimum Gasteiger partial charge on any atom is -0.462 e. The van der Waals surface area contributed by atoms with Gasteiger partial charge < -0.3 is 33.8 Å². The predicted molar refractivity (Wildman–Crippen MR) is 418 cm³/mol. The number of hydrogen-bond acceptors (Lipinski definition) is 15. The van der Waals surface area contributed by atoms with Crippen LogP contribution in [0.25, 0.3) is 0 Å². The SMILES string of the molecule is CCCCCCCC(=O)OC[C@H](COP(=O)(O)OC[C@H](O)COP(=O)(O)OC[C@@H](COC(=O)CCCCCCCCCCCCCCCCCCCCC(C)C)OC(=O)CCCCCCCCCCCCCCCCCCCCC(C)C)OC(=O)CCCCCCCCCCCCCCC(C)C. The Hall–Kier alpha value is -1.94. The normalized spacial score (nSPS) is 13.9. The summed E-state index contributed by atoms with van der Waals surface area (Å²) in [5, 5.41) is 10.6. The van der Waals surface area contributed by atoms with Crippen molar-refractivity contribution in [2.75, 3.05) is 39.6 Å². The van der Waals surface area contributed by atoms with Crippen molar-refractivity contribution in [3.05, 3.63) is 0 Å². The summed E-state index contributed by atoms with van der Waals surface area (Å²) in [6, 6.07) is 0. The molecule has 19 heteroatoms. The fourth-order valence-corrected chi connectivity index (χ4v) is 14.4. The maximum atomic E-state index is 13.1. The number of carbonyl (C=O) groups is 4. The Morgan fingerprint density at radius 3 is 0.667 bits per heavy atom. The first-order valence-corrected chi connectivity index (χ1v) is 45.8. The Bertz CT molecular complexity index is 1970. The minimum absolute atomic E-state index is 0.106. The number of unbranched alkanes of at least 4 members (excludes halogenated alkanes) is 49. The van der Waals surface area contributed by atoms with E-state index in [1.807, 2.05) is 0 Å². The molecule has 5 atom stereocenters. The Balaban J connectivity index is 5.11. The van der Waals surface area contributed by atoms with Gasteiger partial charge >= 0.3 is 39.5 Å². The number of carbonyl (C=O) groups excluding carboxylic acids is 4. The first-order chi connectivity index (χ1) is 49.2. The van der Waals surface area contributed by atoms with Gasteiger partial charge in [-0.2, -0.15) is 0 Å². The lowest BCUT2D eigenvalue weighted by atomic mass is 10.0. The molecule has 3 N–H and O–H groups in total. The lowest BCUT2D eigenvalue weighted by Gasteiger charge is -2.21. The molecule has 0 saturated heterocycles. The van der Waals surface area contributed by atoms with E-state index >= 15 is 0 Å². The molecule has 0 aliphatic rings. The van der Waals surface area contributed by atoms with Gasteiger partial charge in [-0.25, -0.2) is 9.13 Å². The summed E-state index contributed by atoms with van der Waals surface area (Å²) in [7, 11) is -9.91. The zero-order valence-corrected chi connectivity index (χ0v) is 68.9. The summed E-state index contributed by atoms with van der Waals surface area (Å²) in [6.07, 6.45) is 63.0. The summed E-state index contributed by atoms with van der Waals surface area (Å²) in [5.74, 6) is 0.300. The Morgan fingerprint density at radius 1 is 0.265 bits per heavy atom. The van der Waals surface area contributed by atoms with E-state index < -0.39 is 97.5 Å². The van der Waals surface area contributed by atoms with Crippen LogP contribution < -0.4 is 0 Å². The van der Waals surface area contributed by atoms with Crippen molar-refractivity contribution >= 4 is 39.5 Å². The number of phosphoric acid groups is 2. The second-order valence-electron chi connectivity index (χ2n) is 31.3. The van der Waals surface area contributed by atoms with E-state index in [0.717, 1.165) is 114 Å². The average Bonchev–Trinajstić information content (AvgIpc) is 0.941. The average molecular weight is 1490 g/mol. The molecule has 0 aromatic rings. The Kier molecular flexibility index (Phi) is 71.8. The highest BCUT2D eigenvalue weighted by Crippen LogP contribution is 2.45. The van der Waals surface area contributed by atoms with Gasteiger partial charge in [-0.3, -0.25) is 37.3 Å². The van der Waals surface area contributed by atoms with Gasteiger partial charge in [-0.1, -0.05) is 382 Å². The van der Waals surface area contributed by atoms with E-state index in [1.54, 1.807) is 0 Å². The number of ether oxygens (including phenoxy) is 4. The first kappa shape index (κ1) is 100. The van der Waals surface area contributed by atoms with E-state index in [4.69, 9.17) is 37.0 Å². The molecule has 606 valence electrons. The van der Waals surface area contributed by atoms with Gasteiger partial charge in [0.15, 0.2) is 12.2 Å². The maximum Gasteiger partial charge on any atom is 0.472 e. The van der Waals surface area contributed by atoms with Gasteiger partial charge in [-0.05, 0) is 43.4 Å². The Morgan fingerprint density at radius 2 is 0.451 bits per heavy atom. The second-order valence-corrected chi connectivity index (χ2v) is 34.2. The van der Waals surface area contributed by atoms with Crippen LogP contribution in [0.4, 0.5) is 0 Å². The van der Waals surface area contributed by atoms with Crippen molar-refractivity contribution in [3.63, 3.8) is 0 Å². The molecule has 0 aromatic carbocycles. The molecule has 0 radical (unpaired) electrons. The molecule has 0 fully saturated rings. The van der Waals surface area contributed by atoms with Crippen molar-refractivity contribution < 1.29 is 80.2 Å². The number of phosphoric ester groups is 2. The minimum atomic E-state index is -4.96.